The van der Waals surface area contributed by atoms with Gasteiger partial charge in [-0.2, -0.15) is 0 Å². The summed E-state index contributed by atoms with van der Waals surface area (Å²) in [4.78, 5) is 18.5. The first-order valence-corrected chi connectivity index (χ1v) is 6.96. The fraction of sp³-hybridized carbons (Fsp3) is 0.692. The van der Waals surface area contributed by atoms with Crippen LogP contribution in [-0.4, -0.2) is 38.7 Å². The molecule has 1 aromatic heterocycles. The molecule has 1 unspecified atom stereocenters. The average molecular weight is 297 g/mol. The predicted molar refractivity (Wildman–Crippen MR) is 81.4 cm³/mol. The average Bonchev–Trinajstić information content (AvgIpc) is 2.35. The van der Waals surface area contributed by atoms with Crippen LogP contribution < -0.4 is 10.6 Å². The van der Waals surface area contributed by atoms with Gasteiger partial charge in [0.25, 0.3) is 0 Å². The Kier molecular flexibility index (Phi) is 5.83. The van der Waals surface area contributed by atoms with Crippen LogP contribution in [0.2, 0.25) is 0 Å². The smallest absolute Gasteiger partial charge is 0.353 e. The zero-order valence-corrected chi connectivity index (χ0v) is 12.9. The van der Waals surface area contributed by atoms with Crippen LogP contribution in [0.5, 0.6) is 0 Å². The lowest BCUT2D eigenvalue weighted by Gasteiger charge is -2.25. The molecule has 0 radical (unpaired) electrons. The van der Waals surface area contributed by atoms with Crippen molar-refractivity contribution >= 4 is 17.3 Å². The molecule has 0 fully saturated rings. The Balaban J connectivity index is 2.93. The van der Waals surface area contributed by atoms with Crippen molar-refractivity contribution in [1.82, 2.24) is 9.97 Å². The molecule has 0 aliphatic heterocycles. The van der Waals surface area contributed by atoms with Crippen LogP contribution in [0, 0.1) is 16.0 Å². The van der Waals surface area contributed by atoms with Crippen molar-refractivity contribution in [3.8, 4) is 0 Å². The van der Waals surface area contributed by atoms with Gasteiger partial charge in [0.2, 0.25) is 11.6 Å². The molecule has 1 heterocycles. The molecule has 1 aromatic rings. The summed E-state index contributed by atoms with van der Waals surface area (Å²) in [7, 11) is 0. The Morgan fingerprint density at radius 2 is 1.95 bits per heavy atom. The summed E-state index contributed by atoms with van der Waals surface area (Å²) in [5.74, 6) is 0.595. The van der Waals surface area contributed by atoms with Crippen LogP contribution in [0.25, 0.3) is 0 Å². The highest BCUT2D eigenvalue weighted by Gasteiger charge is 2.26. The highest BCUT2D eigenvalue weighted by atomic mass is 16.6. The molecule has 0 amide bonds. The normalized spacial score (nSPS) is 13.8. The Morgan fingerprint density at radius 3 is 2.43 bits per heavy atom. The summed E-state index contributed by atoms with van der Waals surface area (Å²) in [6.45, 7) is 8.22. The van der Waals surface area contributed by atoms with E-state index in [1.54, 1.807) is 6.92 Å². The van der Waals surface area contributed by atoms with E-state index >= 15 is 0 Å². The van der Waals surface area contributed by atoms with Gasteiger partial charge < -0.3 is 15.7 Å². The van der Waals surface area contributed by atoms with Crippen LogP contribution >= 0.6 is 0 Å². The number of aromatic nitrogens is 2. The molecule has 8 heteroatoms. The fourth-order valence-corrected chi connectivity index (χ4v) is 2.20. The van der Waals surface area contributed by atoms with Gasteiger partial charge in [0.05, 0.1) is 10.5 Å². The topological polar surface area (TPSA) is 113 Å². The van der Waals surface area contributed by atoms with Crippen molar-refractivity contribution in [3.63, 3.8) is 0 Å². The van der Waals surface area contributed by atoms with Gasteiger partial charge in [-0.05, 0) is 26.2 Å². The van der Waals surface area contributed by atoms with E-state index in [9.17, 15) is 15.2 Å². The molecule has 0 spiro atoms. The number of aliphatic hydroxyl groups is 1. The molecule has 8 nitrogen and oxygen atoms in total. The highest BCUT2D eigenvalue weighted by molar-refractivity contribution is 5.69. The van der Waals surface area contributed by atoms with Gasteiger partial charge in [-0.3, -0.25) is 10.1 Å². The first-order valence-electron chi connectivity index (χ1n) is 6.96. The Bertz CT molecular complexity index is 491. The molecular formula is C13H23N5O3. The van der Waals surface area contributed by atoms with Crippen LogP contribution in [0.3, 0.4) is 0 Å². The van der Waals surface area contributed by atoms with Crippen LogP contribution in [0.4, 0.5) is 17.3 Å². The number of nitro groups is 1. The van der Waals surface area contributed by atoms with Crippen molar-refractivity contribution in [1.29, 1.82) is 0 Å². The molecule has 21 heavy (non-hydrogen) atoms. The molecule has 3 N–H and O–H groups in total. The van der Waals surface area contributed by atoms with Gasteiger partial charge in [0.1, 0.15) is 6.33 Å². The number of rotatable bonds is 8. The van der Waals surface area contributed by atoms with E-state index in [4.69, 9.17) is 0 Å². The van der Waals surface area contributed by atoms with Gasteiger partial charge in [0, 0.05) is 13.1 Å². The Hall–Kier alpha value is -1.96. The minimum Gasteiger partial charge on any atom is -0.388 e. The third-order valence-electron chi connectivity index (χ3n) is 2.83. The highest BCUT2D eigenvalue weighted by Crippen LogP contribution is 2.29. The Labute approximate surface area is 124 Å². The molecule has 0 aromatic carbocycles. The fourth-order valence-electron chi connectivity index (χ4n) is 2.20. The molecule has 0 saturated carbocycles. The molecule has 1 rings (SSSR count). The van der Waals surface area contributed by atoms with E-state index in [1.807, 2.05) is 20.8 Å². The second-order valence-corrected chi connectivity index (χ2v) is 5.66. The van der Waals surface area contributed by atoms with Crippen LogP contribution in [0.1, 0.15) is 34.1 Å². The summed E-state index contributed by atoms with van der Waals surface area (Å²) in [5, 5.41) is 27.1. The van der Waals surface area contributed by atoms with E-state index < -0.39 is 10.5 Å². The summed E-state index contributed by atoms with van der Waals surface area (Å²) in [6, 6.07) is 0. The summed E-state index contributed by atoms with van der Waals surface area (Å²) < 4.78 is 0. The molecule has 0 aliphatic carbocycles. The molecule has 118 valence electrons. The van der Waals surface area contributed by atoms with Crippen molar-refractivity contribution in [2.75, 3.05) is 23.7 Å². The molecule has 0 aliphatic rings. The quantitative estimate of drug-likeness (QED) is 0.497. The monoisotopic (exact) mass is 297 g/mol. The van der Waals surface area contributed by atoms with E-state index in [0.717, 1.165) is 0 Å². The zero-order valence-electron chi connectivity index (χ0n) is 12.9. The van der Waals surface area contributed by atoms with E-state index in [0.29, 0.717) is 18.9 Å². The standard InChI is InChI=1S/C13H23N5O3/c1-5-14-11-10(18(20)21)12(17-8-16-11)15-7-13(4,19)6-9(2)3/h8-9,19H,5-7H2,1-4H3,(H2,14,15,16,17). The maximum absolute atomic E-state index is 11.2. The van der Waals surface area contributed by atoms with Gasteiger partial charge >= 0.3 is 5.69 Å². The number of anilines is 2. The largest absolute Gasteiger partial charge is 0.388 e. The summed E-state index contributed by atoms with van der Waals surface area (Å²) >= 11 is 0. The third kappa shape index (κ3) is 5.14. The molecular weight excluding hydrogens is 274 g/mol. The van der Waals surface area contributed by atoms with E-state index in [2.05, 4.69) is 20.6 Å². The second-order valence-electron chi connectivity index (χ2n) is 5.66. The lowest BCUT2D eigenvalue weighted by atomic mass is 9.94. The minimum absolute atomic E-state index is 0.106. The lowest BCUT2D eigenvalue weighted by Crippen LogP contribution is -2.35. The van der Waals surface area contributed by atoms with Crippen molar-refractivity contribution < 1.29 is 10.0 Å². The zero-order chi connectivity index (χ0) is 16.0. The van der Waals surface area contributed by atoms with Gasteiger partial charge in [0.15, 0.2) is 0 Å². The third-order valence-corrected chi connectivity index (χ3v) is 2.83. The Morgan fingerprint density at radius 1 is 1.38 bits per heavy atom. The van der Waals surface area contributed by atoms with Crippen molar-refractivity contribution in [2.45, 2.75) is 39.7 Å². The van der Waals surface area contributed by atoms with Crippen molar-refractivity contribution in [3.05, 3.63) is 16.4 Å². The molecule has 1 atom stereocenters. The SMILES string of the molecule is CCNc1ncnc(NCC(C)(O)CC(C)C)c1[N+](=O)[O-]. The number of nitrogens with zero attached hydrogens (tertiary/aromatic N) is 3. The van der Waals surface area contributed by atoms with Gasteiger partial charge in [-0.25, -0.2) is 9.97 Å². The first-order chi connectivity index (χ1) is 9.76. The maximum atomic E-state index is 11.2. The van der Waals surface area contributed by atoms with E-state index in [-0.39, 0.29) is 23.9 Å². The van der Waals surface area contributed by atoms with Gasteiger partial charge in [-0.15, -0.1) is 0 Å². The van der Waals surface area contributed by atoms with E-state index in [1.165, 1.54) is 6.33 Å². The maximum Gasteiger partial charge on any atom is 0.353 e. The summed E-state index contributed by atoms with van der Waals surface area (Å²) in [5.41, 5.74) is -1.18. The minimum atomic E-state index is -0.967. The molecule has 0 bridgehead atoms. The van der Waals surface area contributed by atoms with Crippen LogP contribution in [-0.2, 0) is 0 Å². The number of nitrogens with one attached hydrogen (secondary N) is 2. The number of hydrogen-bond donors (Lipinski definition) is 3. The molecule has 0 saturated heterocycles. The lowest BCUT2D eigenvalue weighted by molar-refractivity contribution is -0.383. The van der Waals surface area contributed by atoms with Crippen LogP contribution in [0.15, 0.2) is 6.33 Å². The predicted octanol–water partition coefficient (Wildman–Crippen LogP) is 2.03. The number of hydrogen-bond acceptors (Lipinski definition) is 7. The summed E-state index contributed by atoms with van der Waals surface area (Å²) in [6.07, 6.45) is 1.84. The van der Waals surface area contributed by atoms with Crippen molar-refractivity contribution in [2.24, 2.45) is 5.92 Å². The second kappa shape index (κ2) is 7.16. The first kappa shape index (κ1) is 17.1. The van der Waals surface area contributed by atoms with Gasteiger partial charge in [-0.1, -0.05) is 13.8 Å².